The summed E-state index contributed by atoms with van der Waals surface area (Å²) < 4.78 is 10.4. The van der Waals surface area contributed by atoms with Crippen LogP contribution in [-0.2, 0) is 14.3 Å². The molecule has 1 aliphatic heterocycles. The number of rotatable bonds is 3. The van der Waals surface area contributed by atoms with Gasteiger partial charge in [-0.25, -0.2) is 4.79 Å². The van der Waals surface area contributed by atoms with Crippen molar-refractivity contribution in [1.29, 1.82) is 0 Å². The molecular weight excluding hydrogens is 188 g/mol. The number of aliphatic carboxylic acids is 1. The van der Waals surface area contributed by atoms with E-state index in [1.54, 1.807) is 0 Å². The van der Waals surface area contributed by atoms with Crippen LogP contribution < -0.4 is 0 Å². The summed E-state index contributed by atoms with van der Waals surface area (Å²) in [6.45, 7) is 3.67. The summed E-state index contributed by atoms with van der Waals surface area (Å²) in [5, 5.41) is 18.1. The number of aliphatic hydroxyl groups is 1. The number of carbonyl (C=O) groups is 1. The maximum absolute atomic E-state index is 10.6. The third kappa shape index (κ3) is 3.25. The second-order valence-electron chi connectivity index (χ2n) is 3.70. The molecule has 0 aliphatic carbocycles. The molecule has 1 fully saturated rings. The van der Waals surface area contributed by atoms with Gasteiger partial charge >= 0.3 is 5.97 Å². The van der Waals surface area contributed by atoms with Crippen LogP contribution in [0.4, 0.5) is 0 Å². The van der Waals surface area contributed by atoms with Crippen LogP contribution in [0, 0.1) is 0 Å². The van der Waals surface area contributed by atoms with Crippen LogP contribution in [0.25, 0.3) is 0 Å². The van der Waals surface area contributed by atoms with Gasteiger partial charge in [0.05, 0.1) is 12.2 Å². The lowest BCUT2D eigenvalue weighted by Crippen LogP contribution is -2.41. The minimum Gasteiger partial charge on any atom is -0.479 e. The van der Waals surface area contributed by atoms with E-state index in [2.05, 4.69) is 0 Å². The van der Waals surface area contributed by atoms with Crippen molar-refractivity contribution in [3.63, 3.8) is 0 Å². The molecule has 0 amide bonds. The lowest BCUT2D eigenvalue weighted by atomic mass is 10.1. The third-order valence-corrected chi connectivity index (χ3v) is 1.97. The molecule has 0 radical (unpaired) electrons. The molecule has 5 nitrogen and oxygen atoms in total. The van der Waals surface area contributed by atoms with Gasteiger partial charge in [-0.1, -0.05) is 0 Å². The summed E-state index contributed by atoms with van der Waals surface area (Å²) in [4.78, 5) is 10.6. The van der Waals surface area contributed by atoms with Crippen LogP contribution in [0.2, 0.25) is 0 Å². The number of ether oxygens (including phenoxy) is 2. The first-order chi connectivity index (χ1) is 6.49. The largest absolute Gasteiger partial charge is 0.479 e. The standard InChI is InChI=1S/C9H16O5/c1-5(2)13-8-4-6(10)3-7(14-8)9(11)12/h5-8,10H,3-4H2,1-2H3,(H,11,12)/t6-,7?,8?/m0/s1. The zero-order valence-electron chi connectivity index (χ0n) is 8.34. The van der Waals surface area contributed by atoms with Crippen LogP contribution in [0.5, 0.6) is 0 Å². The Bertz CT molecular complexity index is 201. The Morgan fingerprint density at radius 1 is 1.50 bits per heavy atom. The number of carboxylic acids is 1. The first-order valence-electron chi connectivity index (χ1n) is 4.71. The van der Waals surface area contributed by atoms with Crippen LogP contribution in [0.15, 0.2) is 0 Å². The van der Waals surface area contributed by atoms with Crippen molar-refractivity contribution >= 4 is 5.97 Å². The predicted octanol–water partition coefficient (Wildman–Crippen LogP) is 0.362. The van der Waals surface area contributed by atoms with Gasteiger partial charge in [-0.05, 0) is 13.8 Å². The van der Waals surface area contributed by atoms with Crippen molar-refractivity contribution < 1.29 is 24.5 Å². The highest BCUT2D eigenvalue weighted by Crippen LogP contribution is 2.21. The number of hydrogen-bond donors (Lipinski definition) is 2. The van der Waals surface area contributed by atoms with Crippen LogP contribution in [0.3, 0.4) is 0 Å². The molecule has 14 heavy (non-hydrogen) atoms. The van der Waals surface area contributed by atoms with E-state index in [1.165, 1.54) is 0 Å². The minimum atomic E-state index is -1.05. The monoisotopic (exact) mass is 204 g/mol. The maximum atomic E-state index is 10.6. The summed E-state index contributed by atoms with van der Waals surface area (Å²) in [6.07, 6.45) is -1.80. The van der Waals surface area contributed by atoms with Crippen molar-refractivity contribution in [2.24, 2.45) is 0 Å². The highest BCUT2D eigenvalue weighted by atomic mass is 16.7. The van der Waals surface area contributed by atoms with E-state index in [1.807, 2.05) is 13.8 Å². The molecule has 1 aliphatic rings. The van der Waals surface area contributed by atoms with Crippen molar-refractivity contribution in [1.82, 2.24) is 0 Å². The summed E-state index contributed by atoms with van der Waals surface area (Å²) in [6, 6.07) is 0. The summed E-state index contributed by atoms with van der Waals surface area (Å²) in [7, 11) is 0. The molecular formula is C9H16O5. The molecule has 2 unspecified atom stereocenters. The number of hydrogen-bond acceptors (Lipinski definition) is 4. The van der Waals surface area contributed by atoms with E-state index in [0.29, 0.717) is 6.42 Å². The molecule has 82 valence electrons. The third-order valence-electron chi connectivity index (χ3n) is 1.97. The van der Waals surface area contributed by atoms with E-state index in [0.717, 1.165) is 0 Å². The SMILES string of the molecule is CC(C)OC1C[C@@H](O)CC(C(=O)O)O1. The molecule has 3 atom stereocenters. The normalized spacial score (nSPS) is 33.3. The Hall–Kier alpha value is -0.650. The van der Waals surface area contributed by atoms with E-state index >= 15 is 0 Å². The van der Waals surface area contributed by atoms with Crippen LogP contribution in [0.1, 0.15) is 26.7 Å². The van der Waals surface area contributed by atoms with Gasteiger partial charge in [0.25, 0.3) is 0 Å². The van der Waals surface area contributed by atoms with Gasteiger partial charge in [-0.15, -0.1) is 0 Å². The smallest absolute Gasteiger partial charge is 0.333 e. The molecule has 0 bridgehead atoms. The van der Waals surface area contributed by atoms with Gasteiger partial charge in [0.1, 0.15) is 0 Å². The first kappa shape index (κ1) is 11.4. The van der Waals surface area contributed by atoms with Crippen molar-refractivity contribution in [3.05, 3.63) is 0 Å². The lowest BCUT2D eigenvalue weighted by Gasteiger charge is -2.31. The predicted molar refractivity (Wildman–Crippen MR) is 47.8 cm³/mol. The fraction of sp³-hybridized carbons (Fsp3) is 0.889. The Morgan fingerprint density at radius 3 is 2.64 bits per heavy atom. The Balaban J connectivity index is 2.49. The van der Waals surface area contributed by atoms with Gasteiger partial charge < -0.3 is 19.7 Å². The Morgan fingerprint density at radius 2 is 2.14 bits per heavy atom. The lowest BCUT2D eigenvalue weighted by molar-refractivity contribution is -0.232. The van der Waals surface area contributed by atoms with Crippen molar-refractivity contribution in [3.8, 4) is 0 Å². The van der Waals surface area contributed by atoms with Gasteiger partial charge in [-0.3, -0.25) is 0 Å². The molecule has 1 rings (SSSR count). The highest BCUT2D eigenvalue weighted by Gasteiger charge is 2.33. The zero-order valence-corrected chi connectivity index (χ0v) is 8.34. The minimum absolute atomic E-state index is 0.0419. The molecule has 1 heterocycles. The molecule has 0 spiro atoms. The van der Waals surface area contributed by atoms with Gasteiger partial charge in [0.15, 0.2) is 12.4 Å². The maximum Gasteiger partial charge on any atom is 0.333 e. The Kier molecular flexibility index (Phi) is 3.86. The zero-order chi connectivity index (χ0) is 10.7. The quantitative estimate of drug-likeness (QED) is 0.694. The van der Waals surface area contributed by atoms with Crippen molar-refractivity contribution in [2.75, 3.05) is 0 Å². The van der Waals surface area contributed by atoms with Crippen LogP contribution >= 0.6 is 0 Å². The second-order valence-corrected chi connectivity index (χ2v) is 3.70. The fourth-order valence-electron chi connectivity index (χ4n) is 1.41. The number of aliphatic hydroxyl groups excluding tert-OH is 1. The average Bonchev–Trinajstić information content (AvgIpc) is 2.01. The van der Waals surface area contributed by atoms with Crippen LogP contribution in [-0.4, -0.2) is 40.8 Å². The van der Waals surface area contributed by atoms with E-state index in [-0.39, 0.29) is 12.5 Å². The fourth-order valence-corrected chi connectivity index (χ4v) is 1.41. The second kappa shape index (κ2) is 4.72. The molecule has 0 aromatic heterocycles. The molecule has 0 aromatic rings. The summed E-state index contributed by atoms with van der Waals surface area (Å²) in [5.41, 5.74) is 0. The molecule has 1 saturated heterocycles. The molecule has 5 heteroatoms. The molecule has 0 aromatic carbocycles. The molecule has 0 saturated carbocycles. The first-order valence-corrected chi connectivity index (χ1v) is 4.71. The summed E-state index contributed by atoms with van der Waals surface area (Å²) >= 11 is 0. The van der Waals surface area contributed by atoms with Gasteiger partial charge in [0, 0.05) is 12.8 Å². The van der Waals surface area contributed by atoms with Crippen molar-refractivity contribution in [2.45, 2.75) is 51.3 Å². The van der Waals surface area contributed by atoms with E-state index < -0.39 is 24.5 Å². The van der Waals surface area contributed by atoms with Gasteiger partial charge in [-0.2, -0.15) is 0 Å². The van der Waals surface area contributed by atoms with E-state index in [4.69, 9.17) is 14.6 Å². The van der Waals surface area contributed by atoms with E-state index in [9.17, 15) is 9.90 Å². The number of carboxylic acid groups (broad SMARTS) is 1. The van der Waals surface area contributed by atoms with Gasteiger partial charge in [0.2, 0.25) is 0 Å². The Labute approximate surface area is 82.6 Å². The molecule has 2 N–H and O–H groups in total. The highest BCUT2D eigenvalue weighted by molar-refractivity contribution is 5.72. The average molecular weight is 204 g/mol. The summed E-state index contributed by atoms with van der Waals surface area (Å²) in [5.74, 6) is -1.05. The topological polar surface area (TPSA) is 76.0 Å².